The van der Waals surface area contributed by atoms with Crippen LogP contribution in [0.25, 0.3) is 82.8 Å². The first kappa shape index (κ1) is 30.5. The van der Waals surface area contributed by atoms with Crippen molar-refractivity contribution in [1.29, 1.82) is 0 Å². The van der Waals surface area contributed by atoms with Gasteiger partial charge in [-0.15, -0.1) is 0 Å². The van der Waals surface area contributed by atoms with Gasteiger partial charge < -0.3 is 9.47 Å². The molecule has 1 aliphatic rings. The van der Waals surface area contributed by atoms with Crippen LogP contribution in [-0.4, -0.2) is 4.57 Å². The van der Waals surface area contributed by atoms with Crippen LogP contribution >= 0.6 is 0 Å². The van der Waals surface area contributed by atoms with Crippen LogP contribution in [0.5, 0.6) is 0 Å². The number of fused-ring (bicyclic) bond motifs is 8. The maximum Gasteiger partial charge on any atom is 0.0547 e. The van der Waals surface area contributed by atoms with Crippen LogP contribution < -0.4 is 4.90 Å². The van der Waals surface area contributed by atoms with Crippen LogP contribution in [0.15, 0.2) is 206 Å². The fraction of sp³-hybridized carbons (Fsp3) is 0. The molecule has 2 heteroatoms. The highest BCUT2D eigenvalue weighted by Crippen LogP contribution is 2.50. The van der Waals surface area contributed by atoms with Gasteiger partial charge in [0, 0.05) is 33.5 Å². The zero-order chi connectivity index (χ0) is 35.6. The van der Waals surface area contributed by atoms with Gasteiger partial charge in [-0.2, -0.15) is 0 Å². The number of benzene rings is 9. The largest absolute Gasteiger partial charge is 0.311 e. The van der Waals surface area contributed by atoms with Crippen LogP contribution in [0.2, 0.25) is 0 Å². The maximum absolute atomic E-state index is 2.45. The summed E-state index contributed by atoms with van der Waals surface area (Å²) in [5.74, 6) is 0. The number of hydrogen-bond acceptors (Lipinski definition) is 1. The number of nitrogens with zero attached hydrogens (tertiary/aromatic N) is 2. The molecule has 0 atom stereocenters. The van der Waals surface area contributed by atoms with E-state index in [9.17, 15) is 0 Å². The van der Waals surface area contributed by atoms with E-state index in [1.807, 2.05) is 0 Å². The monoisotopic (exact) mass is 686 g/mol. The third-order valence-corrected chi connectivity index (χ3v) is 11.1. The van der Waals surface area contributed by atoms with Gasteiger partial charge in [0.05, 0.1) is 11.0 Å². The summed E-state index contributed by atoms with van der Waals surface area (Å²) in [6.07, 6.45) is 0. The summed E-state index contributed by atoms with van der Waals surface area (Å²) in [4.78, 5) is 2.33. The Hall–Kier alpha value is -7.16. The van der Waals surface area contributed by atoms with Gasteiger partial charge in [0.1, 0.15) is 0 Å². The Morgan fingerprint density at radius 3 is 1.56 bits per heavy atom. The molecule has 1 aliphatic carbocycles. The highest BCUT2D eigenvalue weighted by Gasteiger charge is 2.24. The minimum Gasteiger partial charge on any atom is -0.311 e. The molecule has 0 spiro atoms. The molecule has 0 saturated heterocycles. The summed E-state index contributed by atoms with van der Waals surface area (Å²) >= 11 is 0. The van der Waals surface area contributed by atoms with Gasteiger partial charge in [-0.3, -0.25) is 0 Å². The van der Waals surface area contributed by atoms with E-state index in [0.29, 0.717) is 0 Å². The van der Waals surface area contributed by atoms with Gasteiger partial charge in [0.25, 0.3) is 0 Å². The van der Waals surface area contributed by atoms with Crippen LogP contribution in [0.1, 0.15) is 0 Å². The van der Waals surface area contributed by atoms with E-state index < -0.39 is 0 Å². The Labute approximate surface area is 314 Å². The maximum atomic E-state index is 2.45. The Morgan fingerprint density at radius 1 is 0.315 bits per heavy atom. The van der Waals surface area contributed by atoms with E-state index in [0.717, 1.165) is 22.7 Å². The van der Waals surface area contributed by atoms with E-state index >= 15 is 0 Å². The number of aromatic nitrogens is 1. The molecular weight excluding hydrogens is 653 g/mol. The first-order valence-corrected chi connectivity index (χ1v) is 18.6. The molecule has 0 aliphatic heterocycles. The Morgan fingerprint density at radius 2 is 0.833 bits per heavy atom. The molecule has 252 valence electrons. The fourth-order valence-electron chi connectivity index (χ4n) is 8.69. The van der Waals surface area contributed by atoms with Gasteiger partial charge in [-0.1, -0.05) is 140 Å². The highest BCUT2D eigenvalue weighted by molar-refractivity contribution is 6.18. The predicted molar refractivity (Wildman–Crippen MR) is 228 cm³/mol. The van der Waals surface area contributed by atoms with Gasteiger partial charge >= 0.3 is 0 Å². The van der Waals surface area contributed by atoms with E-state index in [2.05, 4.69) is 216 Å². The van der Waals surface area contributed by atoms with E-state index in [1.54, 1.807) is 0 Å². The minimum atomic E-state index is 1.10. The highest BCUT2D eigenvalue weighted by atomic mass is 15.1. The fourth-order valence-corrected chi connectivity index (χ4v) is 8.69. The Balaban J connectivity index is 1.09. The van der Waals surface area contributed by atoms with Crippen molar-refractivity contribution in [2.45, 2.75) is 0 Å². The molecule has 1 aromatic heterocycles. The number of rotatable bonds is 5. The molecular formula is C52H34N2. The average molecular weight is 687 g/mol. The molecule has 1 heterocycles. The molecule has 10 aromatic rings. The summed E-state index contributed by atoms with van der Waals surface area (Å²) in [6.45, 7) is 0. The van der Waals surface area contributed by atoms with Crippen molar-refractivity contribution < 1.29 is 0 Å². The number of para-hydroxylation sites is 2. The third-order valence-electron chi connectivity index (χ3n) is 11.1. The summed E-state index contributed by atoms with van der Waals surface area (Å²) < 4.78 is 2.44. The van der Waals surface area contributed by atoms with Crippen molar-refractivity contribution in [3.05, 3.63) is 206 Å². The van der Waals surface area contributed by atoms with E-state index in [-0.39, 0.29) is 0 Å². The second-order valence-corrected chi connectivity index (χ2v) is 14.1. The smallest absolute Gasteiger partial charge is 0.0547 e. The van der Waals surface area contributed by atoms with Gasteiger partial charge in [-0.05, 0) is 122 Å². The lowest BCUT2D eigenvalue weighted by Crippen LogP contribution is -2.10. The normalized spacial score (nSPS) is 11.7. The number of anilines is 3. The topological polar surface area (TPSA) is 8.17 Å². The molecule has 54 heavy (non-hydrogen) atoms. The lowest BCUT2D eigenvalue weighted by molar-refractivity contribution is 1.17. The second-order valence-electron chi connectivity index (χ2n) is 14.1. The first-order chi connectivity index (χ1) is 26.8. The Bertz CT molecular complexity index is 3010. The second kappa shape index (κ2) is 12.2. The molecule has 0 fully saturated rings. The molecule has 11 rings (SSSR count). The van der Waals surface area contributed by atoms with Crippen molar-refractivity contribution in [2.24, 2.45) is 0 Å². The quantitative estimate of drug-likeness (QED) is 0.175. The summed E-state index contributed by atoms with van der Waals surface area (Å²) in [5.41, 5.74) is 16.9. The molecule has 9 aromatic carbocycles. The van der Waals surface area contributed by atoms with Crippen LogP contribution in [0.3, 0.4) is 0 Å². The van der Waals surface area contributed by atoms with Crippen LogP contribution in [-0.2, 0) is 0 Å². The van der Waals surface area contributed by atoms with Gasteiger partial charge in [-0.25, -0.2) is 0 Å². The summed E-state index contributed by atoms with van der Waals surface area (Å²) in [6, 6.07) is 75.2. The van der Waals surface area contributed by atoms with Crippen molar-refractivity contribution >= 4 is 49.6 Å². The standard InChI is InChI=1S/C52H34N2/c1-3-13-35(14-4-1)36-25-27-39(28-26-36)53(38-17-5-2-6-18-38)40-29-31-41(32-30-40)54-50-24-10-9-21-44(50)49-33-47-46-23-12-16-37-15-11-22-45(52(37)46)42-19-7-8-20-43(42)48(47)34-51(49)54/h1-34H. The number of hydrogen-bond donors (Lipinski definition) is 0. The van der Waals surface area contributed by atoms with Gasteiger partial charge in [0.15, 0.2) is 0 Å². The summed E-state index contributed by atoms with van der Waals surface area (Å²) in [5, 5.41) is 5.10. The molecule has 0 unspecified atom stereocenters. The van der Waals surface area contributed by atoms with Crippen molar-refractivity contribution in [3.63, 3.8) is 0 Å². The third kappa shape index (κ3) is 4.74. The van der Waals surface area contributed by atoms with Crippen LogP contribution in [0, 0.1) is 0 Å². The molecule has 0 radical (unpaired) electrons. The molecule has 0 N–H and O–H groups in total. The molecule has 0 saturated carbocycles. The lowest BCUT2D eigenvalue weighted by Gasteiger charge is -2.26. The van der Waals surface area contributed by atoms with Crippen LogP contribution in [0.4, 0.5) is 17.1 Å². The van der Waals surface area contributed by atoms with Crippen molar-refractivity contribution in [1.82, 2.24) is 4.57 Å². The Kier molecular flexibility index (Phi) is 6.90. The zero-order valence-corrected chi connectivity index (χ0v) is 29.5. The predicted octanol–water partition coefficient (Wildman–Crippen LogP) is 14.4. The average Bonchev–Trinajstić information content (AvgIpc) is 3.51. The van der Waals surface area contributed by atoms with E-state index in [1.165, 1.54) is 77.1 Å². The molecule has 2 nitrogen and oxygen atoms in total. The van der Waals surface area contributed by atoms with Crippen molar-refractivity contribution in [2.75, 3.05) is 4.90 Å². The molecule has 0 amide bonds. The SMILES string of the molecule is c1ccc(-c2ccc(N(c3ccccc3)c3ccc(-n4c5ccccc5c5cc6c(cc54)-c4ccccc4-c4cccc5cccc-6c45)cc3)cc2)cc1. The zero-order valence-electron chi connectivity index (χ0n) is 29.5. The minimum absolute atomic E-state index is 1.10. The van der Waals surface area contributed by atoms with Crippen molar-refractivity contribution in [3.8, 4) is 50.2 Å². The summed E-state index contributed by atoms with van der Waals surface area (Å²) in [7, 11) is 0. The first-order valence-electron chi connectivity index (χ1n) is 18.6. The lowest BCUT2D eigenvalue weighted by atomic mass is 9.92. The van der Waals surface area contributed by atoms with Gasteiger partial charge in [0.2, 0.25) is 0 Å². The van der Waals surface area contributed by atoms with E-state index in [4.69, 9.17) is 0 Å². The molecule has 0 bridgehead atoms.